The van der Waals surface area contributed by atoms with Crippen LogP contribution in [0.15, 0.2) is 101 Å². The van der Waals surface area contributed by atoms with Crippen molar-refractivity contribution in [2.24, 2.45) is 9.98 Å². The van der Waals surface area contributed by atoms with Crippen molar-refractivity contribution in [2.45, 2.75) is 13.0 Å². The van der Waals surface area contributed by atoms with E-state index in [0.717, 1.165) is 39.6 Å². The summed E-state index contributed by atoms with van der Waals surface area (Å²) in [5.74, 6) is 2.48. The molecule has 1 atom stereocenters. The Morgan fingerprint density at radius 2 is 1.60 bits per heavy atom. The quantitative estimate of drug-likeness (QED) is 0.220. The molecule has 0 spiro atoms. The van der Waals surface area contributed by atoms with Gasteiger partial charge in [-0.25, -0.2) is 14.7 Å². The van der Waals surface area contributed by atoms with Gasteiger partial charge in [-0.15, -0.1) is 0 Å². The average molecular weight is 614 g/mol. The van der Waals surface area contributed by atoms with E-state index < -0.39 is 0 Å². The number of hydrogen-bond donors (Lipinski definition) is 1. The Morgan fingerprint density at radius 3 is 2.36 bits per heavy atom. The minimum absolute atomic E-state index is 0.326. The molecule has 1 N–H and O–H groups in total. The number of anilines is 2. The number of methoxy groups -OCH3 is 1. The summed E-state index contributed by atoms with van der Waals surface area (Å²) in [7, 11) is 1.59. The molecule has 0 bridgehead atoms. The third kappa shape index (κ3) is 4.41. The molecule has 1 unspecified atom stereocenters. The van der Waals surface area contributed by atoms with Crippen LogP contribution in [0.2, 0.25) is 15.1 Å². The number of fused-ring (bicyclic) bond motifs is 4. The highest BCUT2D eigenvalue weighted by Gasteiger charge is 2.41. The van der Waals surface area contributed by atoms with Crippen LogP contribution < -0.4 is 15.0 Å². The van der Waals surface area contributed by atoms with Gasteiger partial charge in [0.1, 0.15) is 5.75 Å². The van der Waals surface area contributed by atoms with E-state index in [1.807, 2.05) is 96.5 Å². The second-order valence-corrected chi connectivity index (χ2v) is 11.1. The van der Waals surface area contributed by atoms with Gasteiger partial charge in [-0.05, 0) is 67.1 Å². The number of para-hydroxylation sites is 3. The fraction of sp³-hybridized carbons (Fsp3) is 0.0938. The Balaban J connectivity index is 1.48. The number of amidine groups is 2. The number of ether oxygens (including phenoxy) is 1. The summed E-state index contributed by atoms with van der Waals surface area (Å²) >= 11 is 19.4. The lowest BCUT2D eigenvalue weighted by Gasteiger charge is -2.40. The summed E-state index contributed by atoms with van der Waals surface area (Å²) in [6.07, 6.45) is 0. The van der Waals surface area contributed by atoms with Crippen LogP contribution in [0.4, 0.5) is 22.9 Å². The van der Waals surface area contributed by atoms with Crippen LogP contribution in [0.1, 0.15) is 22.9 Å². The first-order valence-corrected chi connectivity index (χ1v) is 14.3. The smallest absolute Gasteiger partial charge is 0.179 e. The number of halogens is 3. The molecule has 0 aliphatic carbocycles. The van der Waals surface area contributed by atoms with Crippen molar-refractivity contribution < 1.29 is 4.74 Å². The van der Waals surface area contributed by atoms with E-state index in [9.17, 15) is 0 Å². The molecule has 2 aliphatic rings. The van der Waals surface area contributed by atoms with E-state index >= 15 is 0 Å². The molecule has 42 heavy (non-hydrogen) atoms. The second kappa shape index (κ2) is 10.5. The Kier molecular flexibility index (Phi) is 6.66. The van der Waals surface area contributed by atoms with E-state index in [1.165, 1.54) is 0 Å². The van der Waals surface area contributed by atoms with Gasteiger partial charge in [0.2, 0.25) is 0 Å². The zero-order valence-corrected chi connectivity index (χ0v) is 24.8. The zero-order chi connectivity index (χ0) is 29.0. The molecular formula is C32H23Cl3N6O. The summed E-state index contributed by atoms with van der Waals surface area (Å²) in [6.45, 7) is 2.01. The van der Waals surface area contributed by atoms with Crippen LogP contribution in [0.25, 0.3) is 5.69 Å². The van der Waals surface area contributed by atoms with Gasteiger partial charge in [0, 0.05) is 11.3 Å². The Hall–Kier alpha value is -4.30. The van der Waals surface area contributed by atoms with Crippen LogP contribution in [0.3, 0.4) is 0 Å². The highest BCUT2D eigenvalue weighted by molar-refractivity contribution is 6.51. The van der Waals surface area contributed by atoms with E-state index in [4.69, 9.17) is 54.6 Å². The summed E-state index contributed by atoms with van der Waals surface area (Å²) in [4.78, 5) is 12.4. The lowest BCUT2D eigenvalue weighted by atomic mass is 9.93. The SMILES string of the molecule is COc1ccc(NC2=Nc3ccccc3N3C2=Nc2c(c(C)nn2-c2ccccc2)C3c2ccc(Cl)c(Cl)c2)cc1Cl. The molecule has 2 aliphatic heterocycles. The van der Waals surface area contributed by atoms with Crippen LogP contribution in [-0.2, 0) is 0 Å². The number of aliphatic imine (C=N–C) groups is 2. The van der Waals surface area contributed by atoms with Crippen LogP contribution in [0.5, 0.6) is 5.75 Å². The number of nitrogens with one attached hydrogen (secondary N) is 1. The molecule has 4 aromatic carbocycles. The minimum Gasteiger partial charge on any atom is -0.495 e. The Morgan fingerprint density at radius 1 is 0.810 bits per heavy atom. The predicted molar refractivity (Wildman–Crippen MR) is 171 cm³/mol. The molecule has 7 nitrogen and oxygen atoms in total. The maximum Gasteiger partial charge on any atom is 0.179 e. The van der Waals surface area contributed by atoms with Crippen molar-refractivity contribution in [1.82, 2.24) is 9.78 Å². The lowest BCUT2D eigenvalue weighted by molar-refractivity contribution is 0.415. The summed E-state index contributed by atoms with van der Waals surface area (Å²) < 4.78 is 7.23. The number of aryl methyl sites for hydroxylation is 1. The highest BCUT2D eigenvalue weighted by atomic mass is 35.5. The highest BCUT2D eigenvalue weighted by Crippen LogP contribution is 2.49. The molecule has 5 aromatic rings. The standard InChI is InChI=1S/C32H23Cl3N6O/c1-18-28-29(19-12-14-22(33)23(34)16-19)40-26-11-7-6-10-25(26)37-30(36-20-13-15-27(42-2)24(35)17-20)32(40)38-31(28)41(39-18)21-8-4-3-5-9-21/h3-17,29H,1-2H3,(H,36,37). The van der Waals surface area contributed by atoms with Crippen molar-refractivity contribution >= 4 is 69.4 Å². The molecule has 0 saturated heterocycles. The molecule has 0 radical (unpaired) electrons. The van der Waals surface area contributed by atoms with Gasteiger partial charge < -0.3 is 15.0 Å². The van der Waals surface area contributed by atoms with E-state index in [1.54, 1.807) is 13.2 Å². The van der Waals surface area contributed by atoms with Gasteiger partial charge >= 0.3 is 0 Å². The molecule has 1 aromatic heterocycles. The van der Waals surface area contributed by atoms with Crippen molar-refractivity contribution in [1.29, 1.82) is 0 Å². The van der Waals surface area contributed by atoms with Gasteiger partial charge in [-0.2, -0.15) is 5.10 Å². The average Bonchev–Trinajstić information content (AvgIpc) is 3.34. The third-order valence-electron chi connectivity index (χ3n) is 7.31. The Bertz CT molecular complexity index is 1920. The molecule has 0 amide bonds. The molecule has 208 valence electrons. The first-order chi connectivity index (χ1) is 20.4. The topological polar surface area (TPSA) is 67.0 Å². The summed E-state index contributed by atoms with van der Waals surface area (Å²) in [5.41, 5.74) is 6.10. The van der Waals surface area contributed by atoms with Gasteiger partial charge in [0.15, 0.2) is 17.5 Å². The lowest BCUT2D eigenvalue weighted by Crippen LogP contribution is -2.46. The first kappa shape index (κ1) is 26.6. The molecule has 3 heterocycles. The molecule has 10 heteroatoms. The number of nitrogens with zero attached hydrogens (tertiary/aromatic N) is 5. The number of benzene rings is 4. The largest absolute Gasteiger partial charge is 0.495 e. The molecular weight excluding hydrogens is 591 g/mol. The number of aromatic nitrogens is 2. The van der Waals surface area contributed by atoms with E-state index in [0.29, 0.717) is 38.3 Å². The van der Waals surface area contributed by atoms with E-state index in [-0.39, 0.29) is 6.04 Å². The van der Waals surface area contributed by atoms with Crippen molar-refractivity contribution in [3.8, 4) is 11.4 Å². The summed E-state index contributed by atoms with van der Waals surface area (Å²) in [5, 5.41) is 9.87. The molecule has 0 saturated carbocycles. The Labute approximate surface area is 257 Å². The van der Waals surface area contributed by atoms with Gasteiger partial charge in [-0.3, -0.25) is 0 Å². The molecule has 0 fully saturated rings. The predicted octanol–water partition coefficient (Wildman–Crippen LogP) is 8.94. The maximum absolute atomic E-state index is 6.59. The fourth-order valence-corrected chi connectivity index (χ4v) is 5.99. The summed E-state index contributed by atoms with van der Waals surface area (Å²) in [6, 6.07) is 28.9. The zero-order valence-electron chi connectivity index (χ0n) is 22.5. The third-order valence-corrected chi connectivity index (χ3v) is 8.35. The number of hydrogen-bond acceptors (Lipinski definition) is 6. The van der Waals surface area contributed by atoms with Crippen molar-refractivity contribution in [3.63, 3.8) is 0 Å². The van der Waals surface area contributed by atoms with Crippen LogP contribution in [-0.4, -0.2) is 28.6 Å². The van der Waals surface area contributed by atoms with Gasteiger partial charge in [0.05, 0.1) is 51.0 Å². The first-order valence-electron chi connectivity index (χ1n) is 13.2. The number of rotatable bonds is 4. The maximum atomic E-state index is 6.59. The van der Waals surface area contributed by atoms with Gasteiger partial charge in [-0.1, -0.05) is 71.2 Å². The van der Waals surface area contributed by atoms with Crippen LogP contribution in [0, 0.1) is 6.92 Å². The van der Waals surface area contributed by atoms with Crippen LogP contribution >= 0.6 is 34.8 Å². The second-order valence-electron chi connectivity index (χ2n) is 9.87. The normalized spacial score (nSPS) is 15.3. The molecule has 7 rings (SSSR count). The van der Waals surface area contributed by atoms with Gasteiger partial charge in [0.25, 0.3) is 0 Å². The van der Waals surface area contributed by atoms with E-state index in [2.05, 4.69) is 10.2 Å². The van der Waals surface area contributed by atoms with Crippen molar-refractivity contribution in [3.05, 3.63) is 123 Å². The van der Waals surface area contributed by atoms with Crippen molar-refractivity contribution in [2.75, 3.05) is 17.3 Å². The fourth-order valence-electron chi connectivity index (χ4n) is 5.43. The minimum atomic E-state index is -0.326. The monoisotopic (exact) mass is 612 g/mol.